The molecule has 0 heterocycles. The van der Waals surface area contributed by atoms with Gasteiger partial charge in [-0.1, -0.05) is 37.0 Å². The van der Waals surface area contributed by atoms with Crippen LogP contribution in [0.2, 0.25) is 0 Å². The lowest BCUT2D eigenvalue weighted by Gasteiger charge is -1.98. The minimum absolute atomic E-state index is 0.401. The number of rotatable bonds is 1. The van der Waals surface area contributed by atoms with Crippen LogP contribution in [-0.4, -0.2) is 0 Å². The molecule has 1 rings (SSSR count). The summed E-state index contributed by atoms with van der Waals surface area (Å²) in [7, 11) is 0. The molecule has 0 saturated carbocycles. The first-order valence-electron chi connectivity index (χ1n) is 2.69. The van der Waals surface area contributed by atoms with E-state index in [1.807, 2.05) is 0 Å². The predicted octanol–water partition coefficient (Wildman–Crippen LogP) is 2.96. The average molecular weight is 151 g/mol. The molecule has 0 fully saturated rings. The zero-order valence-corrected chi connectivity index (χ0v) is 6.42. The largest absolute Gasteiger partial charge is 0.0871 e. The van der Waals surface area contributed by atoms with E-state index in [0.29, 0.717) is 11.8 Å². The third-order valence-corrected chi connectivity index (χ3v) is 2.33. The summed E-state index contributed by atoms with van der Waals surface area (Å²) in [6, 6.07) is 0. The van der Waals surface area contributed by atoms with E-state index in [4.69, 9.17) is 23.2 Å². The highest BCUT2D eigenvalue weighted by molar-refractivity contribution is 6.45. The summed E-state index contributed by atoms with van der Waals surface area (Å²) in [5, 5.41) is 1.73. The minimum Gasteiger partial charge on any atom is -0.0871 e. The van der Waals surface area contributed by atoms with Crippen LogP contribution in [0.5, 0.6) is 0 Å². The first-order valence-corrected chi connectivity index (χ1v) is 3.45. The summed E-state index contributed by atoms with van der Waals surface area (Å²) in [4.78, 5) is 0. The van der Waals surface area contributed by atoms with E-state index in [0.717, 1.165) is 10.1 Å². The monoisotopic (exact) mass is 150 g/mol. The maximum atomic E-state index is 5.64. The molecule has 0 aromatic heterocycles. The molecule has 0 amide bonds. The molecule has 46 valence electrons. The Labute approximate surface area is 59.5 Å². The molecule has 0 nitrogen and oxygen atoms in total. The van der Waals surface area contributed by atoms with E-state index in [1.54, 1.807) is 0 Å². The molecule has 0 aliphatic heterocycles. The molecule has 0 atom stereocenters. The van der Waals surface area contributed by atoms with Gasteiger partial charge in [-0.2, -0.15) is 0 Å². The highest BCUT2D eigenvalue weighted by Crippen LogP contribution is 2.49. The molecule has 0 radical (unpaired) electrons. The standard InChI is InChI=1S/C6H8Cl2/c1-3(2)4-5(7)6(4)8/h3-4H,1-2H3. The van der Waals surface area contributed by atoms with Crippen molar-refractivity contribution in [3.05, 3.63) is 10.1 Å². The van der Waals surface area contributed by atoms with Gasteiger partial charge in [0.15, 0.2) is 0 Å². The lowest BCUT2D eigenvalue weighted by Crippen LogP contribution is -1.91. The van der Waals surface area contributed by atoms with Gasteiger partial charge in [-0.15, -0.1) is 0 Å². The molecule has 0 saturated heterocycles. The van der Waals surface area contributed by atoms with Gasteiger partial charge in [0.05, 0.1) is 0 Å². The highest BCUT2D eigenvalue weighted by atomic mass is 35.5. The van der Waals surface area contributed by atoms with E-state index < -0.39 is 0 Å². The second kappa shape index (κ2) is 1.93. The lowest BCUT2D eigenvalue weighted by atomic mass is 10.1. The van der Waals surface area contributed by atoms with Crippen molar-refractivity contribution in [2.75, 3.05) is 0 Å². The van der Waals surface area contributed by atoms with Crippen molar-refractivity contribution < 1.29 is 0 Å². The van der Waals surface area contributed by atoms with Gasteiger partial charge in [0, 0.05) is 16.0 Å². The lowest BCUT2D eigenvalue weighted by molar-refractivity contribution is 0.593. The molecule has 2 heteroatoms. The molecule has 0 N–H and O–H groups in total. The van der Waals surface area contributed by atoms with Crippen LogP contribution < -0.4 is 0 Å². The minimum atomic E-state index is 0.401. The van der Waals surface area contributed by atoms with Crippen LogP contribution in [0, 0.1) is 11.8 Å². The maximum absolute atomic E-state index is 5.64. The van der Waals surface area contributed by atoms with Gasteiger partial charge in [0.2, 0.25) is 0 Å². The van der Waals surface area contributed by atoms with E-state index in [2.05, 4.69) is 13.8 Å². The molecule has 1 aliphatic carbocycles. The molecule has 8 heavy (non-hydrogen) atoms. The fourth-order valence-corrected chi connectivity index (χ4v) is 1.68. The van der Waals surface area contributed by atoms with E-state index in [1.165, 1.54) is 0 Å². The van der Waals surface area contributed by atoms with Crippen LogP contribution in [0.3, 0.4) is 0 Å². The van der Waals surface area contributed by atoms with Crippen LogP contribution in [0.1, 0.15) is 13.8 Å². The van der Waals surface area contributed by atoms with Gasteiger partial charge in [0.1, 0.15) is 0 Å². The quantitative estimate of drug-likeness (QED) is 0.540. The molecule has 0 aromatic carbocycles. The number of allylic oxidation sites excluding steroid dienone is 2. The zero-order valence-electron chi connectivity index (χ0n) is 4.91. The third-order valence-electron chi connectivity index (χ3n) is 1.36. The molecule has 0 aromatic rings. The number of hydrogen-bond donors (Lipinski definition) is 0. The fourth-order valence-electron chi connectivity index (χ4n) is 0.772. The van der Waals surface area contributed by atoms with E-state index in [9.17, 15) is 0 Å². The Bertz CT molecular complexity index is 123. The molecule has 1 aliphatic rings. The highest BCUT2D eigenvalue weighted by Gasteiger charge is 2.36. The Hall–Kier alpha value is 0.320. The molecule has 0 bridgehead atoms. The van der Waals surface area contributed by atoms with Gasteiger partial charge >= 0.3 is 0 Å². The van der Waals surface area contributed by atoms with Crippen LogP contribution in [-0.2, 0) is 0 Å². The van der Waals surface area contributed by atoms with Gasteiger partial charge < -0.3 is 0 Å². The first kappa shape index (κ1) is 6.44. The normalized spacial score (nSPS) is 20.6. The van der Waals surface area contributed by atoms with Crippen LogP contribution in [0.25, 0.3) is 0 Å². The van der Waals surface area contributed by atoms with Crippen LogP contribution >= 0.6 is 23.2 Å². The van der Waals surface area contributed by atoms with Crippen molar-refractivity contribution in [2.45, 2.75) is 13.8 Å². The number of hydrogen-bond acceptors (Lipinski definition) is 0. The summed E-state index contributed by atoms with van der Waals surface area (Å²) < 4.78 is 0. The SMILES string of the molecule is CC(C)C1C(Cl)=C1Cl. The maximum Gasteiger partial charge on any atom is 0.0419 e. The summed E-state index contributed by atoms with van der Waals surface area (Å²) in [6.45, 7) is 4.23. The Morgan fingerprint density at radius 3 is 1.62 bits per heavy atom. The average Bonchev–Trinajstić information content (AvgIpc) is 2.15. The van der Waals surface area contributed by atoms with Crippen molar-refractivity contribution in [3.8, 4) is 0 Å². The summed E-state index contributed by atoms with van der Waals surface area (Å²) >= 11 is 11.3. The molecule has 0 spiro atoms. The predicted molar refractivity (Wildman–Crippen MR) is 37.1 cm³/mol. The topological polar surface area (TPSA) is 0 Å². The Morgan fingerprint density at radius 1 is 1.25 bits per heavy atom. The van der Waals surface area contributed by atoms with Crippen molar-refractivity contribution in [1.82, 2.24) is 0 Å². The number of halogens is 2. The van der Waals surface area contributed by atoms with Crippen LogP contribution in [0.4, 0.5) is 0 Å². The first-order chi connectivity index (χ1) is 3.64. The van der Waals surface area contributed by atoms with E-state index in [-0.39, 0.29) is 0 Å². The zero-order chi connectivity index (χ0) is 6.31. The van der Waals surface area contributed by atoms with Crippen molar-refractivity contribution in [1.29, 1.82) is 0 Å². The summed E-state index contributed by atoms with van der Waals surface area (Å²) in [5.74, 6) is 0.980. The van der Waals surface area contributed by atoms with Crippen molar-refractivity contribution >= 4 is 23.2 Å². The van der Waals surface area contributed by atoms with Gasteiger partial charge in [-0.05, 0) is 5.92 Å². The second-order valence-electron chi connectivity index (χ2n) is 2.42. The molecule has 0 unspecified atom stereocenters. The Kier molecular flexibility index (Phi) is 1.55. The molecular formula is C6H8Cl2. The van der Waals surface area contributed by atoms with E-state index >= 15 is 0 Å². The second-order valence-corrected chi connectivity index (χ2v) is 3.23. The fraction of sp³-hybridized carbons (Fsp3) is 0.667. The molecular weight excluding hydrogens is 143 g/mol. The smallest absolute Gasteiger partial charge is 0.0419 e. The third kappa shape index (κ3) is 0.872. The summed E-state index contributed by atoms with van der Waals surface area (Å²) in [6.07, 6.45) is 0. The summed E-state index contributed by atoms with van der Waals surface area (Å²) in [5.41, 5.74) is 0. The van der Waals surface area contributed by atoms with Gasteiger partial charge in [-0.3, -0.25) is 0 Å². The Morgan fingerprint density at radius 2 is 1.62 bits per heavy atom. The van der Waals surface area contributed by atoms with Gasteiger partial charge in [0.25, 0.3) is 0 Å². The van der Waals surface area contributed by atoms with Crippen LogP contribution in [0.15, 0.2) is 10.1 Å². The van der Waals surface area contributed by atoms with Crippen molar-refractivity contribution in [2.24, 2.45) is 11.8 Å². The Balaban J connectivity index is 2.42. The van der Waals surface area contributed by atoms with Crippen molar-refractivity contribution in [3.63, 3.8) is 0 Å². The van der Waals surface area contributed by atoms with Gasteiger partial charge in [-0.25, -0.2) is 0 Å².